The van der Waals surface area contributed by atoms with E-state index in [2.05, 4.69) is 15.0 Å². The first-order chi connectivity index (χ1) is 9.86. The number of aryl methyl sites for hydroxylation is 1. The third-order valence-corrected chi connectivity index (χ3v) is 4.62. The molecule has 1 atom stereocenters. The first-order valence-electron chi connectivity index (χ1n) is 7.08. The monoisotopic (exact) mass is 293 g/mol. The highest BCUT2D eigenvalue weighted by Crippen LogP contribution is 2.22. The highest BCUT2D eigenvalue weighted by atomic mass is 32.1. The maximum absolute atomic E-state index is 9.28. The van der Waals surface area contributed by atoms with Crippen LogP contribution >= 0.6 is 11.3 Å². The van der Waals surface area contributed by atoms with Crippen molar-refractivity contribution in [3.8, 4) is 10.7 Å². The van der Waals surface area contributed by atoms with Gasteiger partial charge in [0.15, 0.2) is 0 Å². The van der Waals surface area contributed by atoms with Crippen LogP contribution in [0, 0.1) is 0 Å². The number of likely N-dealkylation sites (tertiary alicyclic amines) is 1. The molecule has 0 spiro atoms. The van der Waals surface area contributed by atoms with Crippen molar-refractivity contribution in [2.75, 3.05) is 19.7 Å². The van der Waals surface area contributed by atoms with E-state index in [1.807, 2.05) is 17.5 Å². The van der Waals surface area contributed by atoms with Crippen molar-refractivity contribution in [3.63, 3.8) is 0 Å². The van der Waals surface area contributed by atoms with Gasteiger partial charge in [-0.05, 0) is 43.8 Å². The Labute approximate surface area is 122 Å². The van der Waals surface area contributed by atoms with Crippen molar-refractivity contribution >= 4 is 11.3 Å². The summed E-state index contributed by atoms with van der Waals surface area (Å²) in [5, 5.41) is 15.3. The van der Waals surface area contributed by atoms with Crippen LogP contribution in [0.4, 0.5) is 0 Å². The highest BCUT2D eigenvalue weighted by Gasteiger charge is 2.23. The summed E-state index contributed by atoms with van der Waals surface area (Å²) in [4.78, 5) is 7.82. The summed E-state index contributed by atoms with van der Waals surface area (Å²) in [7, 11) is 0. The van der Waals surface area contributed by atoms with Gasteiger partial charge in [-0.3, -0.25) is 4.90 Å². The molecule has 108 valence electrons. The zero-order valence-electron chi connectivity index (χ0n) is 11.4. The molecule has 0 amide bonds. The molecular weight excluding hydrogens is 274 g/mol. The van der Waals surface area contributed by atoms with Gasteiger partial charge in [-0.25, -0.2) is 0 Å². The van der Waals surface area contributed by atoms with E-state index in [-0.39, 0.29) is 6.61 Å². The average molecular weight is 293 g/mol. The van der Waals surface area contributed by atoms with E-state index in [4.69, 9.17) is 4.52 Å². The van der Waals surface area contributed by atoms with Gasteiger partial charge in [0.1, 0.15) is 0 Å². The Morgan fingerprint density at radius 2 is 2.45 bits per heavy atom. The molecule has 2 aromatic rings. The van der Waals surface area contributed by atoms with Gasteiger partial charge in [-0.1, -0.05) is 11.2 Å². The second-order valence-electron chi connectivity index (χ2n) is 5.11. The second-order valence-corrected chi connectivity index (χ2v) is 6.05. The van der Waals surface area contributed by atoms with Crippen molar-refractivity contribution in [3.05, 3.63) is 23.4 Å². The third kappa shape index (κ3) is 3.08. The van der Waals surface area contributed by atoms with Gasteiger partial charge in [-0.15, -0.1) is 11.3 Å². The van der Waals surface area contributed by atoms with Crippen LogP contribution in [-0.2, 0) is 6.42 Å². The molecule has 0 radical (unpaired) electrons. The Bertz CT molecular complexity index is 526. The van der Waals surface area contributed by atoms with Crippen molar-refractivity contribution < 1.29 is 9.63 Å². The van der Waals surface area contributed by atoms with Crippen LogP contribution < -0.4 is 0 Å². The van der Waals surface area contributed by atoms with Crippen LogP contribution in [0.25, 0.3) is 10.7 Å². The van der Waals surface area contributed by atoms with Gasteiger partial charge < -0.3 is 9.63 Å². The lowest BCUT2D eigenvalue weighted by molar-refractivity contribution is 0.157. The van der Waals surface area contributed by atoms with Crippen molar-refractivity contribution in [2.24, 2.45) is 0 Å². The Morgan fingerprint density at radius 1 is 1.50 bits per heavy atom. The van der Waals surface area contributed by atoms with E-state index >= 15 is 0 Å². The van der Waals surface area contributed by atoms with Crippen LogP contribution in [0.15, 0.2) is 22.0 Å². The minimum Gasteiger partial charge on any atom is -0.395 e. The molecule has 0 aromatic carbocycles. The minimum atomic E-state index is 0.267. The van der Waals surface area contributed by atoms with Crippen LogP contribution in [0.1, 0.15) is 25.2 Å². The molecule has 1 aliphatic heterocycles. The fourth-order valence-electron chi connectivity index (χ4n) is 2.69. The summed E-state index contributed by atoms with van der Waals surface area (Å²) in [6.07, 6.45) is 4.09. The zero-order chi connectivity index (χ0) is 13.8. The standard InChI is InChI=1S/C14H19N3O2S/c18-10-11-4-1-7-17(11)8-2-6-13-15-14(16-19-13)12-5-3-9-20-12/h3,5,9,11,18H,1-2,4,6-8,10H2. The molecule has 6 heteroatoms. The molecule has 20 heavy (non-hydrogen) atoms. The van der Waals surface area contributed by atoms with Crippen LogP contribution in [0.3, 0.4) is 0 Å². The predicted octanol–water partition coefficient (Wildman–Crippen LogP) is 2.19. The molecule has 1 aliphatic rings. The summed E-state index contributed by atoms with van der Waals surface area (Å²) in [6.45, 7) is 2.35. The van der Waals surface area contributed by atoms with Gasteiger partial charge in [0.05, 0.1) is 11.5 Å². The van der Waals surface area contributed by atoms with Gasteiger partial charge >= 0.3 is 0 Å². The summed E-state index contributed by atoms with van der Waals surface area (Å²) in [5.74, 6) is 1.39. The lowest BCUT2D eigenvalue weighted by atomic mass is 10.2. The Balaban J connectivity index is 1.49. The lowest BCUT2D eigenvalue weighted by Gasteiger charge is -2.21. The first kappa shape index (κ1) is 13.7. The largest absolute Gasteiger partial charge is 0.395 e. The molecule has 5 nitrogen and oxygen atoms in total. The molecule has 0 bridgehead atoms. The molecule has 1 unspecified atom stereocenters. The lowest BCUT2D eigenvalue weighted by Crippen LogP contribution is -2.33. The van der Waals surface area contributed by atoms with Crippen molar-refractivity contribution in [1.82, 2.24) is 15.0 Å². The average Bonchev–Trinajstić information content (AvgIpc) is 3.20. The fraction of sp³-hybridized carbons (Fsp3) is 0.571. The fourth-order valence-corrected chi connectivity index (χ4v) is 3.34. The van der Waals surface area contributed by atoms with Gasteiger partial charge in [0.2, 0.25) is 11.7 Å². The Hall–Kier alpha value is -1.24. The molecule has 0 aliphatic carbocycles. The number of hydrogen-bond acceptors (Lipinski definition) is 6. The summed E-state index contributed by atoms with van der Waals surface area (Å²) < 4.78 is 5.28. The number of hydrogen-bond donors (Lipinski definition) is 1. The van der Waals surface area contributed by atoms with Crippen LogP contribution in [-0.4, -0.2) is 45.9 Å². The molecule has 2 aromatic heterocycles. The normalized spacial score (nSPS) is 19.8. The Morgan fingerprint density at radius 3 is 3.25 bits per heavy atom. The van der Waals surface area contributed by atoms with E-state index in [0.29, 0.717) is 17.8 Å². The number of thiophene rings is 1. The third-order valence-electron chi connectivity index (χ3n) is 3.76. The second kappa shape index (κ2) is 6.47. The van der Waals surface area contributed by atoms with E-state index < -0.39 is 0 Å². The van der Waals surface area contributed by atoms with Gasteiger partial charge in [-0.2, -0.15) is 4.98 Å². The van der Waals surface area contributed by atoms with Crippen molar-refractivity contribution in [2.45, 2.75) is 31.7 Å². The van der Waals surface area contributed by atoms with E-state index in [1.54, 1.807) is 11.3 Å². The summed E-state index contributed by atoms with van der Waals surface area (Å²) >= 11 is 1.62. The molecule has 1 N–H and O–H groups in total. The molecule has 3 rings (SSSR count). The molecule has 0 saturated carbocycles. The van der Waals surface area contributed by atoms with Crippen LogP contribution in [0.2, 0.25) is 0 Å². The Kier molecular flexibility index (Phi) is 4.44. The SMILES string of the molecule is OCC1CCCN1CCCc1nc(-c2cccs2)no1. The topological polar surface area (TPSA) is 62.4 Å². The molecule has 1 fully saturated rings. The summed E-state index contributed by atoms with van der Waals surface area (Å²) in [6, 6.07) is 4.33. The predicted molar refractivity (Wildman–Crippen MR) is 77.6 cm³/mol. The van der Waals surface area contributed by atoms with Crippen molar-refractivity contribution in [1.29, 1.82) is 0 Å². The number of aliphatic hydroxyl groups excluding tert-OH is 1. The van der Waals surface area contributed by atoms with Crippen LogP contribution in [0.5, 0.6) is 0 Å². The van der Waals surface area contributed by atoms with E-state index in [0.717, 1.165) is 37.2 Å². The van der Waals surface area contributed by atoms with E-state index in [9.17, 15) is 5.11 Å². The number of aliphatic hydroxyl groups is 1. The molecule has 1 saturated heterocycles. The maximum atomic E-state index is 9.28. The number of nitrogens with zero attached hydrogens (tertiary/aromatic N) is 3. The minimum absolute atomic E-state index is 0.267. The number of aromatic nitrogens is 2. The van der Waals surface area contributed by atoms with Gasteiger partial charge in [0.25, 0.3) is 0 Å². The number of rotatable bonds is 6. The maximum Gasteiger partial charge on any atom is 0.227 e. The smallest absolute Gasteiger partial charge is 0.227 e. The van der Waals surface area contributed by atoms with Gasteiger partial charge in [0, 0.05) is 12.5 Å². The quantitative estimate of drug-likeness (QED) is 0.884. The molecule has 3 heterocycles. The molecular formula is C14H19N3O2S. The zero-order valence-corrected chi connectivity index (χ0v) is 12.2. The summed E-state index contributed by atoms with van der Waals surface area (Å²) in [5.41, 5.74) is 0. The van der Waals surface area contributed by atoms with E-state index in [1.165, 1.54) is 6.42 Å². The highest BCUT2D eigenvalue weighted by molar-refractivity contribution is 7.13. The first-order valence-corrected chi connectivity index (χ1v) is 7.96.